The number of likely N-dealkylation sites (N-methyl/N-ethyl adjacent to an activating group) is 1. The molecule has 3 aromatic rings. The van der Waals surface area contributed by atoms with Crippen LogP contribution in [0.15, 0.2) is 48.5 Å². The topological polar surface area (TPSA) is 60.6 Å². The SMILES string of the molecule is CC[NH+](CC(=O)Nc1c(C)nn(-c2ccccc2)c1C)Cc1ccc(OC)c(F)c1. The summed E-state index contributed by atoms with van der Waals surface area (Å²) in [6.07, 6.45) is 0. The van der Waals surface area contributed by atoms with Gasteiger partial charge in [-0.25, -0.2) is 9.07 Å². The number of aromatic nitrogens is 2. The highest BCUT2D eigenvalue weighted by Gasteiger charge is 2.19. The largest absolute Gasteiger partial charge is 0.494 e. The lowest BCUT2D eigenvalue weighted by atomic mass is 10.2. The molecule has 0 bridgehead atoms. The van der Waals surface area contributed by atoms with E-state index in [0.717, 1.165) is 39.8 Å². The van der Waals surface area contributed by atoms with Crippen LogP contribution in [-0.2, 0) is 11.3 Å². The molecule has 158 valence electrons. The Hall–Kier alpha value is -3.19. The van der Waals surface area contributed by atoms with Crippen LogP contribution >= 0.6 is 0 Å². The van der Waals surface area contributed by atoms with Crippen LogP contribution < -0.4 is 15.0 Å². The molecule has 6 nitrogen and oxygen atoms in total. The number of ether oxygens (including phenoxy) is 1. The van der Waals surface area contributed by atoms with E-state index in [-0.39, 0.29) is 18.2 Å². The summed E-state index contributed by atoms with van der Waals surface area (Å²) in [4.78, 5) is 13.8. The van der Waals surface area contributed by atoms with Crippen LogP contribution in [0, 0.1) is 19.7 Å². The molecule has 0 aliphatic carbocycles. The van der Waals surface area contributed by atoms with Crippen molar-refractivity contribution in [2.24, 2.45) is 0 Å². The lowest BCUT2D eigenvalue weighted by molar-refractivity contribution is -0.903. The number of nitrogens with one attached hydrogen (secondary N) is 2. The number of benzene rings is 2. The molecule has 0 aliphatic rings. The lowest BCUT2D eigenvalue weighted by Crippen LogP contribution is -3.11. The molecule has 0 spiro atoms. The highest BCUT2D eigenvalue weighted by atomic mass is 19.1. The van der Waals surface area contributed by atoms with Gasteiger partial charge in [0.1, 0.15) is 6.54 Å². The molecule has 1 amide bonds. The molecule has 30 heavy (non-hydrogen) atoms. The Bertz CT molecular complexity index is 1020. The number of nitrogens with zero attached hydrogens (tertiary/aromatic N) is 2. The Labute approximate surface area is 176 Å². The minimum Gasteiger partial charge on any atom is -0.494 e. The number of anilines is 1. The lowest BCUT2D eigenvalue weighted by Gasteiger charge is -2.18. The number of aryl methyl sites for hydroxylation is 1. The van der Waals surface area contributed by atoms with Crippen molar-refractivity contribution in [2.45, 2.75) is 27.3 Å². The molecule has 1 aromatic heterocycles. The molecular formula is C23H28FN4O2+. The number of methoxy groups -OCH3 is 1. The van der Waals surface area contributed by atoms with Crippen LogP contribution in [0.3, 0.4) is 0 Å². The second-order valence-electron chi connectivity index (χ2n) is 7.27. The van der Waals surface area contributed by atoms with Gasteiger partial charge < -0.3 is 15.0 Å². The quantitative estimate of drug-likeness (QED) is 0.599. The van der Waals surface area contributed by atoms with Crippen molar-refractivity contribution >= 4 is 11.6 Å². The Balaban J connectivity index is 1.68. The molecule has 0 saturated heterocycles. The van der Waals surface area contributed by atoms with Crippen LogP contribution in [-0.4, -0.2) is 35.9 Å². The van der Waals surface area contributed by atoms with E-state index >= 15 is 0 Å². The van der Waals surface area contributed by atoms with Crippen molar-refractivity contribution in [1.29, 1.82) is 0 Å². The van der Waals surface area contributed by atoms with Gasteiger partial charge in [0.05, 0.1) is 36.4 Å². The Morgan fingerprint density at radius 1 is 1.20 bits per heavy atom. The summed E-state index contributed by atoms with van der Waals surface area (Å²) in [5.41, 5.74) is 4.14. The predicted octanol–water partition coefficient (Wildman–Crippen LogP) is 2.68. The van der Waals surface area contributed by atoms with E-state index in [1.165, 1.54) is 13.2 Å². The average Bonchev–Trinajstić information content (AvgIpc) is 3.02. The first-order valence-electron chi connectivity index (χ1n) is 10.00. The van der Waals surface area contributed by atoms with Gasteiger partial charge in [0.2, 0.25) is 0 Å². The molecule has 2 N–H and O–H groups in total. The van der Waals surface area contributed by atoms with Gasteiger partial charge in [-0.2, -0.15) is 5.10 Å². The number of para-hydroxylation sites is 1. The van der Waals surface area contributed by atoms with Gasteiger partial charge in [0, 0.05) is 5.56 Å². The van der Waals surface area contributed by atoms with Crippen molar-refractivity contribution in [3.8, 4) is 11.4 Å². The van der Waals surface area contributed by atoms with E-state index in [2.05, 4.69) is 10.4 Å². The molecule has 1 unspecified atom stereocenters. The van der Waals surface area contributed by atoms with Gasteiger partial charge in [-0.3, -0.25) is 4.79 Å². The molecule has 1 heterocycles. The minimum absolute atomic E-state index is 0.0976. The van der Waals surface area contributed by atoms with Crippen molar-refractivity contribution in [2.75, 3.05) is 25.5 Å². The molecule has 0 aliphatic heterocycles. The first-order valence-corrected chi connectivity index (χ1v) is 10.00. The fraction of sp³-hybridized carbons (Fsp3) is 0.304. The summed E-state index contributed by atoms with van der Waals surface area (Å²) in [7, 11) is 1.44. The summed E-state index contributed by atoms with van der Waals surface area (Å²) in [6, 6.07) is 14.7. The summed E-state index contributed by atoms with van der Waals surface area (Å²) in [6.45, 7) is 7.39. The number of carbonyl (C=O) groups excluding carboxylic acids is 1. The number of hydrogen-bond acceptors (Lipinski definition) is 3. The van der Waals surface area contributed by atoms with Crippen LogP contribution in [0.25, 0.3) is 5.69 Å². The molecule has 0 saturated carbocycles. The van der Waals surface area contributed by atoms with E-state index in [9.17, 15) is 9.18 Å². The highest BCUT2D eigenvalue weighted by Crippen LogP contribution is 2.22. The highest BCUT2D eigenvalue weighted by molar-refractivity contribution is 5.92. The van der Waals surface area contributed by atoms with Crippen molar-refractivity contribution < 1.29 is 18.8 Å². The van der Waals surface area contributed by atoms with Crippen molar-refractivity contribution in [1.82, 2.24) is 9.78 Å². The van der Waals surface area contributed by atoms with E-state index in [0.29, 0.717) is 6.54 Å². The summed E-state index contributed by atoms with van der Waals surface area (Å²) in [5.74, 6) is -0.273. The number of hydrogen-bond donors (Lipinski definition) is 2. The molecular weight excluding hydrogens is 383 g/mol. The zero-order chi connectivity index (χ0) is 21.7. The Morgan fingerprint density at radius 3 is 2.57 bits per heavy atom. The average molecular weight is 412 g/mol. The third-order valence-corrected chi connectivity index (χ3v) is 5.14. The van der Waals surface area contributed by atoms with Gasteiger partial charge in [-0.15, -0.1) is 0 Å². The zero-order valence-electron chi connectivity index (χ0n) is 17.8. The summed E-state index contributed by atoms with van der Waals surface area (Å²) >= 11 is 0. The van der Waals surface area contributed by atoms with Crippen LogP contribution in [0.2, 0.25) is 0 Å². The minimum atomic E-state index is -0.394. The van der Waals surface area contributed by atoms with E-state index in [1.807, 2.05) is 61.9 Å². The second kappa shape index (κ2) is 9.54. The maximum Gasteiger partial charge on any atom is 0.279 e. The molecule has 7 heteroatoms. The smallest absolute Gasteiger partial charge is 0.279 e. The third kappa shape index (κ3) is 4.86. The fourth-order valence-electron chi connectivity index (χ4n) is 3.48. The molecule has 3 rings (SSSR count). The van der Waals surface area contributed by atoms with E-state index < -0.39 is 5.82 Å². The van der Waals surface area contributed by atoms with Gasteiger partial charge >= 0.3 is 0 Å². The van der Waals surface area contributed by atoms with E-state index in [1.54, 1.807) is 6.07 Å². The Kier molecular flexibility index (Phi) is 6.84. The van der Waals surface area contributed by atoms with Gasteiger partial charge in [-0.1, -0.05) is 18.2 Å². The van der Waals surface area contributed by atoms with Crippen LogP contribution in [0.4, 0.5) is 10.1 Å². The van der Waals surface area contributed by atoms with Crippen molar-refractivity contribution in [3.63, 3.8) is 0 Å². The Morgan fingerprint density at radius 2 is 1.93 bits per heavy atom. The third-order valence-electron chi connectivity index (χ3n) is 5.14. The number of rotatable bonds is 8. The molecule has 1 atom stereocenters. The first-order chi connectivity index (χ1) is 14.4. The normalized spacial score (nSPS) is 11.9. The zero-order valence-corrected chi connectivity index (χ0v) is 17.8. The standard InChI is InChI=1S/C23H27FN4O2/c1-5-27(14-18-11-12-21(30-4)20(24)13-18)15-22(29)25-23-16(2)26-28(17(23)3)19-9-7-6-8-10-19/h6-13H,5,14-15H2,1-4H3,(H,25,29)/p+1. The summed E-state index contributed by atoms with van der Waals surface area (Å²) in [5, 5.41) is 7.58. The van der Waals surface area contributed by atoms with Crippen LogP contribution in [0.5, 0.6) is 5.75 Å². The summed E-state index contributed by atoms with van der Waals surface area (Å²) < 4.78 is 20.8. The first kappa shape index (κ1) is 21.5. The van der Waals surface area contributed by atoms with Gasteiger partial charge in [0.25, 0.3) is 5.91 Å². The molecule has 0 radical (unpaired) electrons. The monoisotopic (exact) mass is 411 g/mol. The maximum atomic E-state index is 14.0. The molecule has 0 fully saturated rings. The number of amides is 1. The van der Waals surface area contributed by atoms with Gasteiger partial charge in [0.15, 0.2) is 18.1 Å². The predicted molar refractivity (Wildman–Crippen MR) is 115 cm³/mol. The van der Waals surface area contributed by atoms with Crippen molar-refractivity contribution in [3.05, 3.63) is 71.3 Å². The van der Waals surface area contributed by atoms with Gasteiger partial charge in [-0.05, 0) is 51.1 Å². The van der Waals surface area contributed by atoms with Crippen LogP contribution in [0.1, 0.15) is 23.9 Å². The number of carbonyl (C=O) groups is 1. The maximum absolute atomic E-state index is 14.0. The fourth-order valence-corrected chi connectivity index (χ4v) is 3.48. The second-order valence-corrected chi connectivity index (χ2v) is 7.27. The molecule has 2 aromatic carbocycles. The number of halogens is 1. The van der Waals surface area contributed by atoms with E-state index in [4.69, 9.17) is 4.74 Å². The number of quaternary nitrogens is 1.